The quantitative estimate of drug-likeness (QED) is 0.489. The van der Waals surface area contributed by atoms with Gasteiger partial charge in [0.2, 0.25) is 0 Å². The first-order valence-corrected chi connectivity index (χ1v) is 6.70. The zero-order chi connectivity index (χ0) is 13.5. The Bertz CT molecular complexity index is 409. The zero-order valence-electron chi connectivity index (χ0n) is 10.9. The molecule has 18 heavy (non-hydrogen) atoms. The molecule has 1 aromatic rings. The molecule has 5 heteroatoms. The molecule has 0 aliphatic heterocycles. The number of hydrogen-bond donors (Lipinski definition) is 1. The lowest BCUT2D eigenvalue weighted by Gasteiger charge is -2.13. The van der Waals surface area contributed by atoms with Gasteiger partial charge in [0.05, 0.1) is 20.1 Å². The van der Waals surface area contributed by atoms with E-state index >= 15 is 0 Å². The Morgan fingerprint density at radius 1 is 1.50 bits per heavy atom. The number of carbonyl (C=O) groups is 1. The van der Waals surface area contributed by atoms with Crippen molar-refractivity contribution in [1.82, 2.24) is 0 Å². The lowest BCUT2D eigenvalue weighted by molar-refractivity contribution is -0.142. The van der Waals surface area contributed by atoms with Crippen molar-refractivity contribution in [1.29, 1.82) is 0 Å². The van der Waals surface area contributed by atoms with E-state index in [2.05, 4.69) is 0 Å². The minimum absolute atomic E-state index is 0.110. The first kappa shape index (κ1) is 14.7. The van der Waals surface area contributed by atoms with E-state index in [9.17, 15) is 4.79 Å². The highest BCUT2D eigenvalue weighted by Gasteiger charge is 2.13. The van der Waals surface area contributed by atoms with Gasteiger partial charge in [-0.1, -0.05) is 6.92 Å². The number of rotatable bonds is 6. The molecule has 0 saturated heterocycles. The third-order valence-electron chi connectivity index (χ3n) is 2.31. The molecule has 0 bridgehead atoms. The number of thioether (sulfide) groups is 1. The third kappa shape index (κ3) is 4.49. The second-order valence-corrected chi connectivity index (χ2v) is 5.32. The van der Waals surface area contributed by atoms with Crippen molar-refractivity contribution in [3.05, 3.63) is 18.2 Å². The highest BCUT2D eigenvalue weighted by atomic mass is 32.2. The number of nitrogens with two attached hydrogens (primary N) is 1. The molecule has 0 aliphatic carbocycles. The molecule has 0 heterocycles. The molecule has 100 valence electrons. The average molecular weight is 269 g/mol. The summed E-state index contributed by atoms with van der Waals surface area (Å²) in [5.41, 5.74) is 6.58. The fourth-order valence-corrected chi connectivity index (χ4v) is 2.50. The molecule has 1 aromatic carbocycles. The SMILES string of the molecule is CCOC(=O)CC(C)Sc1cc(OC)ccc1N. The Labute approximate surface area is 112 Å². The first-order chi connectivity index (χ1) is 8.56. The normalized spacial score (nSPS) is 11.9. The lowest BCUT2D eigenvalue weighted by atomic mass is 10.3. The number of esters is 1. The summed E-state index contributed by atoms with van der Waals surface area (Å²) in [6.45, 7) is 4.19. The van der Waals surface area contributed by atoms with E-state index in [4.69, 9.17) is 15.2 Å². The van der Waals surface area contributed by atoms with E-state index in [0.29, 0.717) is 18.7 Å². The van der Waals surface area contributed by atoms with Crippen molar-refractivity contribution in [3.63, 3.8) is 0 Å². The van der Waals surface area contributed by atoms with E-state index < -0.39 is 0 Å². The van der Waals surface area contributed by atoms with Gasteiger partial charge in [-0.15, -0.1) is 11.8 Å². The predicted molar refractivity (Wildman–Crippen MR) is 74.0 cm³/mol. The molecule has 4 nitrogen and oxygen atoms in total. The number of nitrogen functional groups attached to an aromatic ring is 1. The predicted octanol–water partition coefficient (Wildman–Crippen LogP) is 2.71. The minimum atomic E-state index is -0.182. The second-order valence-electron chi connectivity index (χ2n) is 3.84. The molecule has 0 radical (unpaired) electrons. The number of methoxy groups -OCH3 is 1. The van der Waals surface area contributed by atoms with Gasteiger partial charge in [0.25, 0.3) is 0 Å². The summed E-state index contributed by atoms with van der Waals surface area (Å²) in [5.74, 6) is 0.578. The smallest absolute Gasteiger partial charge is 0.306 e. The van der Waals surface area contributed by atoms with Crippen molar-refractivity contribution in [2.45, 2.75) is 30.4 Å². The Hall–Kier alpha value is -1.36. The van der Waals surface area contributed by atoms with Crippen LogP contribution in [0.1, 0.15) is 20.3 Å². The lowest BCUT2D eigenvalue weighted by Crippen LogP contribution is -2.10. The molecule has 0 aliphatic rings. The minimum Gasteiger partial charge on any atom is -0.497 e. The van der Waals surface area contributed by atoms with Gasteiger partial charge in [-0.05, 0) is 25.1 Å². The fraction of sp³-hybridized carbons (Fsp3) is 0.462. The molecule has 1 unspecified atom stereocenters. The summed E-state index contributed by atoms with van der Waals surface area (Å²) < 4.78 is 10.1. The van der Waals surface area contributed by atoms with Gasteiger partial charge in [0.1, 0.15) is 5.75 Å². The maximum atomic E-state index is 11.4. The fourth-order valence-electron chi connectivity index (χ4n) is 1.46. The van der Waals surface area contributed by atoms with E-state index in [1.54, 1.807) is 31.9 Å². The van der Waals surface area contributed by atoms with E-state index in [1.165, 1.54) is 0 Å². The third-order valence-corrected chi connectivity index (χ3v) is 3.48. The van der Waals surface area contributed by atoms with E-state index in [0.717, 1.165) is 10.6 Å². The molecule has 0 spiro atoms. The van der Waals surface area contributed by atoms with Crippen LogP contribution in [0.2, 0.25) is 0 Å². The second kappa shape index (κ2) is 7.16. The summed E-state index contributed by atoms with van der Waals surface area (Å²) in [6, 6.07) is 5.50. The molecule has 0 fully saturated rings. The molecular weight excluding hydrogens is 250 g/mol. The monoisotopic (exact) mass is 269 g/mol. The maximum absolute atomic E-state index is 11.4. The Morgan fingerprint density at radius 2 is 2.22 bits per heavy atom. The van der Waals surface area contributed by atoms with Crippen molar-refractivity contribution >= 4 is 23.4 Å². The van der Waals surface area contributed by atoms with Gasteiger partial charge in [-0.25, -0.2) is 0 Å². The van der Waals surface area contributed by atoms with Crippen molar-refractivity contribution in [2.75, 3.05) is 19.5 Å². The van der Waals surface area contributed by atoms with Crippen LogP contribution in [0.3, 0.4) is 0 Å². The van der Waals surface area contributed by atoms with Crippen LogP contribution in [-0.4, -0.2) is 24.9 Å². The Balaban J connectivity index is 2.63. The molecule has 0 amide bonds. The summed E-state index contributed by atoms with van der Waals surface area (Å²) >= 11 is 1.55. The summed E-state index contributed by atoms with van der Waals surface area (Å²) in [6.07, 6.45) is 0.370. The van der Waals surface area contributed by atoms with Gasteiger partial charge in [-0.2, -0.15) is 0 Å². The van der Waals surface area contributed by atoms with Crippen LogP contribution in [0.4, 0.5) is 5.69 Å². The van der Waals surface area contributed by atoms with Gasteiger partial charge < -0.3 is 15.2 Å². The first-order valence-electron chi connectivity index (χ1n) is 5.82. The van der Waals surface area contributed by atoms with Crippen molar-refractivity contribution in [3.8, 4) is 5.75 Å². The zero-order valence-corrected chi connectivity index (χ0v) is 11.8. The number of benzene rings is 1. The van der Waals surface area contributed by atoms with E-state index in [1.807, 2.05) is 19.1 Å². The number of carbonyl (C=O) groups excluding carboxylic acids is 1. The van der Waals surface area contributed by atoms with E-state index in [-0.39, 0.29) is 11.2 Å². The molecule has 0 aromatic heterocycles. The number of hydrogen-bond acceptors (Lipinski definition) is 5. The van der Waals surface area contributed by atoms with Gasteiger partial charge in [0, 0.05) is 15.8 Å². The summed E-state index contributed by atoms with van der Waals surface area (Å²) in [4.78, 5) is 12.3. The van der Waals surface area contributed by atoms with Crippen LogP contribution < -0.4 is 10.5 Å². The highest BCUT2D eigenvalue weighted by molar-refractivity contribution is 8.00. The van der Waals surface area contributed by atoms with Crippen molar-refractivity contribution < 1.29 is 14.3 Å². The number of anilines is 1. The summed E-state index contributed by atoms with van der Waals surface area (Å²) in [5, 5.41) is 0.110. The van der Waals surface area contributed by atoms with Crippen LogP contribution in [0.25, 0.3) is 0 Å². The van der Waals surface area contributed by atoms with Gasteiger partial charge in [-0.3, -0.25) is 4.79 Å². The van der Waals surface area contributed by atoms with Crippen LogP contribution in [-0.2, 0) is 9.53 Å². The van der Waals surface area contributed by atoms with Gasteiger partial charge >= 0.3 is 5.97 Å². The summed E-state index contributed by atoms with van der Waals surface area (Å²) in [7, 11) is 1.61. The molecule has 1 atom stereocenters. The van der Waals surface area contributed by atoms with Gasteiger partial charge in [0.15, 0.2) is 0 Å². The number of ether oxygens (including phenoxy) is 2. The molecule has 0 saturated carbocycles. The van der Waals surface area contributed by atoms with Crippen molar-refractivity contribution in [2.24, 2.45) is 0 Å². The Kier molecular flexibility index (Phi) is 5.85. The Morgan fingerprint density at radius 3 is 2.83 bits per heavy atom. The maximum Gasteiger partial charge on any atom is 0.306 e. The average Bonchev–Trinajstić information content (AvgIpc) is 2.32. The molecule has 2 N–H and O–H groups in total. The standard InChI is InChI=1S/C13H19NO3S/c1-4-17-13(15)7-9(2)18-12-8-10(16-3)5-6-11(12)14/h5-6,8-9H,4,7,14H2,1-3H3. The topological polar surface area (TPSA) is 61.5 Å². The highest BCUT2D eigenvalue weighted by Crippen LogP contribution is 2.33. The van der Waals surface area contributed by atoms with Crippen LogP contribution >= 0.6 is 11.8 Å². The van der Waals surface area contributed by atoms with Crippen LogP contribution in [0.5, 0.6) is 5.75 Å². The largest absolute Gasteiger partial charge is 0.497 e. The van der Waals surface area contributed by atoms with Crippen LogP contribution in [0.15, 0.2) is 23.1 Å². The van der Waals surface area contributed by atoms with Crippen LogP contribution in [0, 0.1) is 0 Å². The molecular formula is C13H19NO3S. The molecule has 1 rings (SSSR count).